The topological polar surface area (TPSA) is 277 Å². The number of allylic oxidation sites excluding steroid dienone is 2. The number of amides is 6. The van der Waals surface area contributed by atoms with Gasteiger partial charge in [0.05, 0.1) is 10.9 Å². The van der Waals surface area contributed by atoms with Crippen LogP contribution < -0.4 is 42.2 Å². The molecular formula is C54H78N10O9S. The molecule has 20 heteroatoms. The smallest absolute Gasteiger partial charge is 0.264 e. The third-order valence-corrected chi connectivity index (χ3v) is 17.0. The van der Waals surface area contributed by atoms with E-state index in [0.29, 0.717) is 101 Å². The van der Waals surface area contributed by atoms with Crippen molar-refractivity contribution in [3.63, 3.8) is 0 Å². The summed E-state index contributed by atoms with van der Waals surface area (Å²) in [6.07, 6.45) is 11.2. The Morgan fingerprint density at radius 2 is 1.47 bits per heavy atom. The van der Waals surface area contributed by atoms with Crippen molar-refractivity contribution in [1.29, 1.82) is 0 Å². The number of nitrogens with one attached hydrogen (secondary N) is 5. The number of carbonyl (C=O) groups is 6. The van der Waals surface area contributed by atoms with Gasteiger partial charge in [-0.2, -0.15) is 0 Å². The predicted molar refractivity (Wildman–Crippen MR) is 281 cm³/mol. The van der Waals surface area contributed by atoms with Gasteiger partial charge >= 0.3 is 0 Å². The van der Waals surface area contributed by atoms with Crippen LogP contribution in [0.3, 0.4) is 0 Å². The number of nitrogens with zero attached hydrogens (tertiary/aromatic N) is 3. The number of aryl methyl sites for hydroxylation is 1. The molecule has 0 bridgehead atoms. The molecule has 1 spiro atoms. The number of hydrogen-bond acceptors (Lipinski definition) is 11. The van der Waals surface area contributed by atoms with E-state index in [1.165, 1.54) is 9.80 Å². The van der Waals surface area contributed by atoms with E-state index in [-0.39, 0.29) is 62.0 Å². The predicted octanol–water partition coefficient (Wildman–Crippen LogP) is 3.20. The van der Waals surface area contributed by atoms with Gasteiger partial charge in [-0.15, -0.1) is 0 Å². The van der Waals surface area contributed by atoms with Crippen LogP contribution in [0.1, 0.15) is 137 Å². The average molecular weight is 1040 g/mol. The summed E-state index contributed by atoms with van der Waals surface area (Å²) < 4.78 is 36.4. The Kier molecular flexibility index (Phi) is 17.8. The van der Waals surface area contributed by atoms with Crippen molar-refractivity contribution in [2.45, 2.75) is 191 Å². The lowest BCUT2D eigenvalue weighted by Gasteiger charge is -2.43. The molecule has 19 nitrogen and oxygen atoms in total. The largest absolute Gasteiger partial charge is 0.487 e. The first kappa shape index (κ1) is 55.7. The monoisotopic (exact) mass is 1040 g/mol. The lowest BCUT2D eigenvalue weighted by Crippen LogP contribution is -2.67. The molecule has 74 heavy (non-hydrogen) atoms. The lowest BCUT2D eigenvalue weighted by molar-refractivity contribution is -0.146. The van der Waals surface area contributed by atoms with E-state index >= 15 is 0 Å². The molecule has 2 aromatic carbocycles. The summed E-state index contributed by atoms with van der Waals surface area (Å²) in [5.41, 5.74) is 15.2. The molecule has 9 N–H and O–H groups in total. The zero-order chi connectivity index (χ0) is 53.5. The highest BCUT2D eigenvalue weighted by Gasteiger charge is 2.50. The summed E-state index contributed by atoms with van der Waals surface area (Å²) in [5, 5.41) is 11.9. The van der Waals surface area contributed by atoms with Crippen molar-refractivity contribution in [2.24, 2.45) is 16.5 Å². The Morgan fingerprint density at radius 1 is 0.811 bits per heavy atom. The number of fused-ring (bicyclic) bond motifs is 3. The first-order valence-electron chi connectivity index (χ1n) is 26.5. The van der Waals surface area contributed by atoms with E-state index in [0.717, 1.165) is 22.3 Å². The number of carbonyl (C=O) groups excluding carboxylic acids is 6. The number of benzene rings is 2. The van der Waals surface area contributed by atoms with E-state index in [9.17, 15) is 37.2 Å². The maximum absolute atomic E-state index is 14.6. The zero-order valence-electron chi connectivity index (χ0n) is 44.1. The van der Waals surface area contributed by atoms with Gasteiger partial charge in [-0.1, -0.05) is 42.0 Å². The van der Waals surface area contributed by atoms with Crippen molar-refractivity contribution < 1.29 is 41.9 Å². The third kappa shape index (κ3) is 12.9. The molecule has 404 valence electrons. The molecule has 4 aliphatic heterocycles. The van der Waals surface area contributed by atoms with Gasteiger partial charge in [0.2, 0.25) is 41.4 Å². The molecule has 0 unspecified atom stereocenters. The number of guanidine groups is 1. The minimum absolute atomic E-state index is 0.0136. The van der Waals surface area contributed by atoms with Crippen molar-refractivity contribution >= 4 is 51.4 Å². The van der Waals surface area contributed by atoms with E-state index in [4.69, 9.17) is 16.2 Å². The first-order chi connectivity index (χ1) is 35.1. The van der Waals surface area contributed by atoms with E-state index in [2.05, 4.69) is 31.0 Å². The summed E-state index contributed by atoms with van der Waals surface area (Å²) in [6.45, 7) is 12.1. The Morgan fingerprint density at radius 3 is 2.14 bits per heavy atom. The number of rotatable bonds is 8. The molecule has 5 aliphatic rings. The van der Waals surface area contributed by atoms with Crippen LogP contribution in [0.2, 0.25) is 0 Å². The van der Waals surface area contributed by atoms with Gasteiger partial charge in [-0.25, -0.2) is 13.1 Å². The van der Waals surface area contributed by atoms with Crippen LogP contribution >= 0.6 is 0 Å². The summed E-state index contributed by atoms with van der Waals surface area (Å²) in [7, 11) is -4.18. The SMILES string of the molecule is Cc1cccc(C[C@@H]2NC(=O)[C@@H](N)CCC/C=C/CCCNC(=O)[C@@H]3CCCN3C(=O)[C@H](CCCN=C(N)NS(=O)(=O)c3c(C)c(C)c4c(c3C)CC(C)(C)O4)NC(=O)C3(CCC3)NC(=O)[C@@H]3CCCN3C2=O)c1. The van der Waals surface area contributed by atoms with Crippen LogP contribution in [0, 0.1) is 27.7 Å². The molecule has 2 saturated heterocycles. The normalized spacial score (nSPS) is 25.9. The summed E-state index contributed by atoms with van der Waals surface area (Å²) in [5.74, 6) is -2.36. The van der Waals surface area contributed by atoms with Crippen molar-refractivity contribution in [1.82, 2.24) is 35.8 Å². The quantitative estimate of drug-likeness (QED) is 0.0873. The van der Waals surface area contributed by atoms with Crippen LogP contribution in [-0.2, 0) is 51.6 Å². The van der Waals surface area contributed by atoms with Crippen LogP contribution in [0.5, 0.6) is 5.75 Å². The lowest BCUT2D eigenvalue weighted by atomic mass is 9.75. The second-order valence-corrected chi connectivity index (χ2v) is 23.2. The first-order valence-corrected chi connectivity index (χ1v) is 28.0. The van der Waals surface area contributed by atoms with E-state index < -0.39 is 80.9 Å². The van der Waals surface area contributed by atoms with Crippen molar-refractivity contribution in [3.8, 4) is 5.75 Å². The van der Waals surface area contributed by atoms with Crippen LogP contribution in [0.25, 0.3) is 0 Å². The second kappa shape index (κ2) is 23.7. The molecule has 3 fully saturated rings. The molecule has 7 rings (SSSR count). The second-order valence-electron chi connectivity index (χ2n) is 21.6. The summed E-state index contributed by atoms with van der Waals surface area (Å²) >= 11 is 0. The molecule has 5 atom stereocenters. The minimum Gasteiger partial charge on any atom is -0.487 e. The Hall–Kier alpha value is -6.02. The maximum atomic E-state index is 14.6. The van der Waals surface area contributed by atoms with Gasteiger partial charge in [0.25, 0.3) is 10.0 Å². The molecule has 6 amide bonds. The highest BCUT2D eigenvalue weighted by Crippen LogP contribution is 2.44. The van der Waals surface area contributed by atoms with Crippen molar-refractivity contribution in [3.05, 3.63) is 69.8 Å². The van der Waals surface area contributed by atoms with Gasteiger partial charge < -0.3 is 47.3 Å². The summed E-state index contributed by atoms with van der Waals surface area (Å²) in [6, 6.07) is 2.98. The molecule has 1 aliphatic carbocycles. The van der Waals surface area contributed by atoms with Gasteiger partial charge in [0.15, 0.2) is 0 Å². The van der Waals surface area contributed by atoms with Gasteiger partial charge in [-0.05, 0) is 154 Å². The Balaban J connectivity index is 1.10. The molecule has 4 heterocycles. The maximum Gasteiger partial charge on any atom is 0.264 e. The third-order valence-electron chi connectivity index (χ3n) is 15.4. The average Bonchev–Trinajstić information content (AvgIpc) is 4.10. The van der Waals surface area contributed by atoms with Crippen LogP contribution in [0.4, 0.5) is 0 Å². The van der Waals surface area contributed by atoms with Gasteiger partial charge in [0, 0.05) is 44.6 Å². The number of aliphatic imine (C=N–C) groups is 1. The Bertz CT molecular complexity index is 2650. The summed E-state index contributed by atoms with van der Waals surface area (Å²) in [4.78, 5) is 92.9. The molecule has 2 aromatic rings. The van der Waals surface area contributed by atoms with Gasteiger partial charge in [-0.3, -0.25) is 33.8 Å². The van der Waals surface area contributed by atoms with E-state index in [1.54, 1.807) is 13.8 Å². The van der Waals surface area contributed by atoms with E-state index in [1.807, 2.05) is 64.1 Å². The number of nitrogens with two attached hydrogens (primary N) is 2. The highest BCUT2D eigenvalue weighted by molar-refractivity contribution is 7.90. The van der Waals surface area contributed by atoms with Crippen LogP contribution in [-0.4, -0.2) is 127 Å². The molecular weight excluding hydrogens is 965 g/mol. The molecule has 0 aromatic heterocycles. The highest BCUT2D eigenvalue weighted by atomic mass is 32.2. The van der Waals surface area contributed by atoms with Gasteiger partial charge in [0.1, 0.15) is 41.1 Å². The molecule has 1 saturated carbocycles. The standard InChI is InChI=1S/C54H78N10O9S/c1-33-18-13-19-37(30-33)31-41-50(69)64-29-16-23-43(64)48(67)61-54(24-17-25-54)51(70)60-40(49(68)63-28-15-22-42(63)47(66)57-26-12-10-8-7-9-11-20-39(55)46(65)59-41)21-14-27-58-52(56)62-74(71,72)45-35(3)34(2)44-38(36(45)4)32-53(5,6)73-44/h7-8,13,18-19,30,39-43H,9-12,14-17,20-29,31-32,55H2,1-6H3,(H,57,66)(H,59,65)(H,60,70)(H,61,67)(H3,56,58,62)/b8-7+/t39-,40-,41-,42-,43-/m0/s1. The van der Waals surface area contributed by atoms with Crippen molar-refractivity contribution in [2.75, 3.05) is 26.2 Å². The number of hydrogen-bond donors (Lipinski definition) is 7. The Labute approximate surface area is 436 Å². The van der Waals surface area contributed by atoms with Crippen LogP contribution in [0.15, 0.2) is 46.3 Å². The fourth-order valence-corrected chi connectivity index (χ4v) is 12.6. The zero-order valence-corrected chi connectivity index (χ0v) is 44.9. The molecule has 0 radical (unpaired) electrons. The number of sulfonamides is 1. The minimum atomic E-state index is -4.18. The fraction of sp³-hybridized carbons (Fsp3) is 0.611. The fourth-order valence-electron chi connectivity index (χ4n) is 11.1. The number of ether oxygens (including phenoxy) is 1.